The Morgan fingerprint density at radius 1 is 1.00 bits per heavy atom. The second-order valence-electron chi connectivity index (χ2n) is 6.72. The standard InChI is InChI=1S/C22H21NO4/c24-19-11-10-17(15-6-2-1-3-7-15)18(19)12-22(25)23-13-16-14-26-20-8-4-5-9-21(20)27-16/h1-9,16H,10-14H2,(H,23,25)/t16-/m1/s1. The third-order valence-corrected chi connectivity index (χ3v) is 4.86. The number of benzene rings is 2. The van der Waals surface area contributed by atoms with Crippen LogP contribution >= 0.6 is 0 Å². The summed E-state index contributed by atoms with van der Waals surface area (Å²) in [6.07, 6.45) is 1.03. The maximum Gasteiger partial charge on any atom is 0.224 e. The van der Waals surface area contributed by atoms with E-state index in [0.717, 1.165) is 11.1 Å². The molecule has 5 nitrogen and oxygen atoms in total. The molecule has 2 aliphatic rings. The molecule has 0 spiro atoms. The number of nitrogens with one attached hydrogen (secondary N) is 1. The van der Waals surface area contributed by atoms with Gasteiger partial charge >= 0.3 is 0 Å². The number of ether oxygens (including phenoxy) is 2. The first-order chi connectivity index (χ1) is 13.2. The lowest BCUT2D eigenvalue weighted by Crippen LogP contribution is -2.40. The molecule has 1 aliphatic heterocycles. The van der Waals surface area contributed by atoms with Crippen LogP contribution in [0, 0.1) is 0 Å². The molecule has 2 aromatic carbocycles. The van der Waals surface area contributed by atoms with Crippen LogP contribution in [-0.2, 0) is 9.59 Å². The summed E-state index contributed by atoms with van der Waals surface area (Å²) >= 11 is 0. The molecular formula is C22H21NO4. The minimum atomic E-state index is -0.245. The van der Waals surface area contributed by atoms with E-state index in [-0.39, 0.29) is 24.2 Å². The van der Waals surface area contributed by atoms with Crippen LogP contribution in [0.2, 0.25) is 0 Å². The van der Waals surface area contributed by atoms with Crippen LogP contribution in [0.1, 0.15) is 24.8 Å². The zero-order valence-electron chi connectivity index (χ0n) is 14.9. The van der Waals surface area contributed by atoms with Crippen molar-refractivity contribution in [1.29, 1.82) is 0 Å². The van der Waals surface area contributed by atoms with E-state index in [1.807, 2.05) is 54.6 Å². The summed E-state index contributed by atoms with van der Waals surface area (Å²) < 4.78 is 11.5. The zero-order chi connectivity index (χ0) is 18.6. The van der Waals surface area contributed by atoms with E-state index in [1.54, 1.807) is 0 Å². The Labute approximate surface area is 158 Å². The maximum atomic E-state index is 12.4. The summed E-state index contributed by atoms with van der Waals surface area (Å²) in [4.78, 5) is 24.7. The van der Waals surface area contributed by atoms with Crippen LogP contribution < -0.4 is 14.8 Å². The van der Waals surface area contributed by atoms with Gasteiger partial charge in [0.05, 0.1) is 13.0 Å². The lowest BCUT2D eigenvalue weighted by atomic mass is 10.00. The first kappa shape index (κ1) is 17.3. The molecule has 0 radical (unpaired) electrons. The molecule has 0 unspecified atom stereocenters. The number of ketones is 1. The van der Waals surface area contributed by atoms with E-state index < -0.39 is 0 Å². The lowest BCUT2D eigenvalue weighted by Gasteiger charge is -2.26. The number of Topliss-reactive ketones (excluding diaryl/α,β-unsaturated/α-hetero) is 1. The molecule has 0 aromatic heterocycles. The fourth-order valence-corrected chi connectivity index (χ4v) is 3.49. The van der Waals surface area contributed by atoms with E-state index in [0.29, 0.717) is 43.1 Å². The first-order valence-electron chi connectivity index (χ1n) is 9.16. The summed E-state index contributed by atoms with van der Waals surface area (Å²) in [5, 5.41) is 2.87. The SMILES string of the molecule is O=C(CC1=C(c2ccccc2)CCC1=O)NC[C@@H]1COc2ccccc2O1. The first-order valence-corrected chi connectivity index (χ1v) is 9.16. The van der Waals surface area contributed by atoms with Crippen molar-refractivity contribution >= 4 is 17.3 Å². The van der Waals surface area contributed by atoms with Crippen molar-refractivity contribution in [3.05, 3.63) is 65.7 Å². The van der Waals surface area contributed by atoms with Gasteiger partial charge in [0.2, 0.25) is 5.91 Å². The fraction of sp³-hybridized carbons (Fsp3) is 0.273. The Hall–Kier alpha value is -3.08. The summed E-state index contributed by atoms with van der Waals surface area (Å²) in [7, 11) is 0. The van der Waals surface area contributed by atoms with Gasteiger partial charge in [-0.1, -0.05) is 42.5 Å². The monoisotopic (exact) mass is 363 g/mol. The molecule has 0 bridgehead atoms. The minimum absolute atomic E-state index is 0.0650. The van der Waals surface area contributed by atoms with Gasteiger partial charge in [-0.25, -0.2) is 0 Å². The molecule has 0 fully saturated rings. The van der Waals surface area contributed by atoms with Gasteiger partial charge in [0.15, 0.2) is 17.3 Å². The third kappa shape index (κ3) is 3.87. The van der Waals surface area contributed by atoms with E-state index in [4.69, 9.17) is 9.47 Å². The summed E-state index contributed by atoms with van der Waals surface area (Å²) in [6.45, 7) is 0.726. The normalized spacial score (nSPS) is 18.5. The highest BCUT2D eigenvalue weighted by molar-refractivity contribution is 6.10. The average Bonchev–Trinajstić information content (AvgIpc) is 3.07. The van der Waals surface area contributed by atoms with Gasteiger partial charge in [0.1, 0.15) is 12.7 Å². The van der Waals surface area contributed by atoms with Crippen LogP contribution in [0.15, 0.2) is 60.2 Å². The highest BCUT2D eigenvalue weighted by Gasteiger charge is 2.26. The van der Waals surface area contributed by atoms with E-state index in [1.165, 1.54) is 0 Å². The molecule has 1 N–H and O–H groups in total. The molecular weight excluding hydrogens is 342 g/mol. The summed E-state index contributed by atoms with van der Waals surface area (Å²) in [5.74, 6) is 1.30. The molecule has 0 saturated heterocycles. The van der Waals surface area contributed by atoms with Crippen LogP contribution in [0.25, 0.3) is 5.57 Å². The van der Waals surface area contributed by atoms with Crippen molar-refractivity contribution in [1.82, 2.24) is 5.32 Å². The van der Waals surface area contributed by atoms with Gasteiger partial charge in [0, 0.05) is 12.0 Å². The van der Waals surface area contributed by atoms with Crippen molar-refractivity contribution < 1.29 is 19.1 Å². The predicted molar refractivity (Wildman–Crippen MR) is 102 cm³/mol. The molecule has 5 heteroatoms. The number of para-hydroxylation sites is 2. The number of hydrogen-bond acceptors (Lipinski definition) is 4. The Morgan fingerprint density at radius 3 is 2.56 bits per heavy atom. The van der Waals surface area contributed by atoms with Gasteiger partial charge in [-0.3, -0.25) is 9.59 Å². The van der Waals surface area contributed by atoms with Crippen molar-refractivity contribution in [2.45, 2.75) is 25.4 Å². The largest absolute Gasteiger partial charge is 0.486 e. The molecule has 27 heavy (non-hydrogen) atoms. The number of carbonyl (C=O) groups excluding carboxylic acids is 2. The highest BCUT2D eigenvalue weighted by atomic mass is 16.6. The Balaban J connectivity index is 1.37. The average molecular weight is 363 g/mol. The number of hydrogen-bond donors (Lipinski definition) is 1. The van der Waals surface area contributed by atoms with Gasteiger partial charge in [-0.05, 0) is 29.7 Å². The maximum absolute atomic E-state index is 12.4. The number of carbonyl (C=O) groups is 2. The van der Waals surface area contributed by atoms with Crippen molar-refractivity contribution in [3.63, 3.8) is 0 Å². The molecule has 2 aromatic rings. The van der Waals surface area contributed by atoms with Crippen LogP contribution in [0.5, 0.6) is 11.5 Å². The number of fused-ring (bicyclic) bond motifs is 1. The molecule has 1 aliphatic carbocycles. The lowest BCUT2D eigenvalue weighted by molar-refractivity contribution is -0.122. The second-order valence-corrected chi connectivity index (χ2v) is 6.72. The minimum Gasteiger partial charge on any atom is -0.486 e. The number of amides is 1. The summed E-state index contributed by atoms with van der Waals surface area (Å²) in [5.41, 5.74) is 2.64. The van der Waals surface area contributed by atoms with Gasteiger partial charge in [-0.2, -0.15) is 0 Å². The van der Waals surface area contributed by atoms with Gasteiger partial charge < -0.3 is 14.8 Å². The molecule has 1 atom stereocenters. The van der Waals surface area contributed by atoms with Crippen molar-refractivity contribution in [2.75, 3.05) is 13.2 Å². The smallest absolute Gasteiger partial charge is 0.224 e. The quantitative estimate of drug-likeness (QED) is 0.886. The predicted octanol–water partition coefficient (Wildman–Crippen LogP) is 3.15. The van der Waals surface area contributed by atoms with Gasteiger partial charge in [-0.15, -0.1) is 0 Å². The molecule has 1 amide bonds. The van der Waals surface area contributed by atoms with E-state index in [2.05, 4.69) is 5.32 Å². The Morgan fingerprint density at radius 2 is 1.74 bits per heavy atom. The van der Waals surface area contributed by atoms with Crippen molar-refractivity contribution in [2.24, 2.45) is 0 Å². The van der Waals surface area contributed by atoms with Crippen LogP contribution in [0.4, 0.5) is 0 Å². The number of allylic oxidation sites excluding steroid dienone is 1. The van der Waals surface area contributed by atoms with Crippen molar-refractivity contribution in [3.8, 4) is 11.5 Å². The van der Waals surface area contributed by atoms with E-state index in [9.17, 15) is 9.59 Å². The van der Waals surface area contributed by atoms with Crippen LogP contribution in [-0.4, -0.2) is 30.9 Å². The van der Waals surface area contributed by atoms with E-state index >= 15 is 0 Å². The molecule has 4 rings (SSSR count). The Kier molecular flexibility index (Phi) is 4.92. The fourth-order valence-electron chi connectivity index (χ4n) is 3.49. The topological polar surface area (TPSA) is 64.6 Å². The van der Waals surface area contributed by atoms with Crippen LogP contribution in [0.3, 0.4) is 0 Å². The summed E-state index contributed by atoms with van der Waals surface area (Å²) in [6, 6.07) is 17.3. The highest BCUT2D eigenvalue weighted by Crippen LogP contribution is 2.33. The van der Waals surface area contributed by atoms with Gasteiger partial charge in [0.25, 0.3) is 0 Å². The molecule has 0 saturated carbocycles. The molecule has 138 valence electrons. The Bertz CT molecular complexity index is 888. The number of rotatable bonds is 5. The second kappa shape index (κ2) is 7.66. The zero-order valence-corrected chi connectivity index (χ0v) is 14.9. The third-order valence-electron chi connectivity index (χ3n) is 4.86. The molecule has 1 heterocycles.